The van der Waals surface area contributed by atoms with Gasteiger partial charge in [0.05, 0.1) is 14.2 Å². The van der Waals surface area contributed by atoms with Gasteiger partial charge in [-0.3, -0.25) is 4.79 Å². The molecule has 162 valence electrons. The van der Waals surface area contributed by atoms with Crippen molar-refractivity contribution in [1.29, 1.82) is 0 Å². The van der Waals surface area contributed by atoms with Crippen LogP contribution < -0.4 is 19.1 Å². The molecular formula is C24H27N3O4. The third-order valence-electron chi connectivity index (χ3n) is 5.59. The molecule has 1 aliphatic heterocycles. The number of methoxy groups -OCH3 is 2. The molecule has 31 heavy (non-hydrogen) atoms. The number of pyridine rings is 1. The van der Waals surface area contributed by atoms with E-state index in [0.29, 0.717) is 37.7 Å². The second-order valence-electron chi connectivity index (χ2n) is 7.46. The third-order valence-corrected chi connectivity index (χ3v) is 5.59. The fraction of sp³-hybridized carbons (Fsp3) is 0.333. The number of ether oxygens (including phenoxy) is 3. The Morgan fingerprint density at radius 2 is 1.61 bits per heavy atom. The molecule has 7 heteroatoms. The molecule has 1 saturated heterocycles. The Kier molecular flexibility index (Phi) is 6.11. The first-order valence-corrected chi connectivity index (χ1v) is 10.3. The summed E-state index contributed by atoms with van der Waals surface area (Å²) in [5, 5.41) is 1.09. The molecule has 3 aromatic rings. The number of fused-ring (bicyclic) bond motifs is 1. The minimum absolute atomic E-state index is 0.00902. The van der Waals surface area contributed by atoms with E-state index >= 15 is 0 Å². The minimum atomic E-state index is -0.0325. The highest BCUT2D eigenvalue weighted by molar-refractivity contribution is 5.89. The van der Waals surface area contributed by atoms with E-state index in [9.17, 15) is 4.79 Å². The van der Waals surface area contributed by atoms with Crippen molar-refractivity contribution in [2.24, 2.45) is 0 Å². The van der Waals surface area contributed by atoms with E-state index in [4.69, 9.17) is 19.2 Å². The van der Waals surface area contributed by atoms with Crippen LogP contribution in [0.2, 0.25) is 0 Å². The van der Waals surface area contributed by atoms with Crippen molar-refractivity contribution in [3.63, 3.8) is 0 Å². The van der Waals surface area contributed by atoms with E-state index in [0.717, 1.165) is 28.0 Å². The van der Waals surface area contributed by atoms with E-state index in [-0.39, 0.29) is 12.5 Å². The topological polar surface area (TPSA) is 64.1 Å². The van der Waals surface area contributed by atoms with Gasteiger partial charge in [-0.15, -0.1) is 0 Å². The Hall–Kier alpha value is -3.48. The molecule has 0 unspecified atom stereocenters. The van der Waals surface area contributed by atoms with Crippen LogP contribution in [0, 0.1) is 6.92 Å². The van der Waals surface area contributed by atoms with Gasteiger partial charge in [-0.1, -0.05) is 24.3 Å². The molecule has 0 radical (unpaired) electrons. The van der Waals surface area contributed by atoms with Gasteiger partial charge in [0.25, 0.3) is 5.91 Å². The summed E-state index contributed by atoms with van der Waals surface area (Å²) in [5.41, 5.74) is 2.02. The average Bonchev–Trinajstić information content (AvgIpc) is 2.82. The van der Waals surface area contributed by atoms with Crippen molar-refractivity contribution in [3.05, 3.63) is 54.1 Å². The highest BCUT2D eigenvalue weighted by atomic mass is 16.5. The fourth-order valence-electron chi connectivity index (χ4n) is 3.85. The van der Waals surface area contributed by atoms with E-state index in [1.807, 2.05) is 35.2 Å². The summed E-state index contributed by atoms with van der Waals surface area (Å²) >= 11 is 0. The summed E-state index contributed by atoms with van der Waals surface area (Å²) < 4.78 is 16.5. The molecule has 1 aromatic heterocycles. The van der Waals surface area contributed by atoms with Crippen molar-refractivity contribution in [1.82, 2.24) is 9.88 Å². The van der Waals surface area contributed by atoms with Crippen LogP contribution in [0.1, 0.15) is 5.56 Å². The predicted octanol–water partition coefficient (Wildman–Crippen LogP) is 3.29. The zero-order valence-corrected chi connectivity index (χ0v) is 18.1. The number of carbonyl (C=O) groups excluding carboxylic acids is 1. The zero-order chi connectivity index (χ0) is 21.8. The van der Waals surface area contributed by atoms with Gasteiger partial charge < -0.3 is 24.0 Å². The number of aryl methyl sites for hydroxylation is 1. The lowest BCUT2D eigenvalue weighted by Gasteiger charge is -2.35. The van der Waals surface area contributed by atoms with Crippen molar-refractivity contribution < 1.29 is 19.0 Å². The number of nitrogens with zero attached hydrogens (tertiary/aromatic N) is 3. The molecule has 1 fully saturated rings. The SMILES string of the molecule is COc1ccccc1OCC(=O)N1CCN(c2cc(C)c3cccc(OC)c3n2)CC1. The summed E-state index contributed by atoms with van der Waals surface area (Å²) in [6.07, 6.45) is 0. The van der Waals surface area contributed by atoms with Gasteiger partial charge in [0, 0.05) is 31.6 Å². The second kappa shape index (κ2) is 9.12. The number of aromatic nitrogens is 1. The molecule has 0 N–H and O–H groups in total. The van der Waals surface area contributed by atoms with Crippen LogP contribution in [-0.4, -0.2) is 62.8 Å². The van der Waals surface area contributed by atoms with Crippen molar-refractivity contribution >= 4 is 22.6 Å². The first-order chi connectivity index (χ1) is 15.1. The molecule has 2 heterocycles. The number of hydrogen-bond donors (Lipinski definition) is 0. The van der Waals surface area contributed by atoms with Crippen molar-refractivity contribution in [2.45, 2.75) is 6.92 Å². The molecule has 1 amide bonds. The molecule has 1 aliphatic rings. The number of anilines is 1. The van der Waals surface area contributed by atoms with Crippen LogP contribution >= 0.6 is 0 Å². The van der Waals surface area contributed by atoms with E-state index in [2.05, 4.69) is 24.0 Å². The van der Waals surface area contributed by atoms with Crippen LogP contribution in [0.4, 0.5) is 5.82 Å². The smallest absolute Gasteiger partial charge is 0.260 e. The normalized spacial score (nSPS) is 13.9. The summed E-state index contributed by atoms with van der Waals surface area (Å²) in [4.78, 5) is 21.5. The number of carbonyl (C=O) groups is 1. The second-order valence-corrected chi connectivity index (χ2v) is 7.46. The largest absolute Gasteiger partial charge is 0.494 e. The first-order valence-electron chi connectivity index (χ1n) is 10.3. The summed E-state index contributed by atoms with van der Waals surface area (Å²) in [7, 11) is 3.25. The number of benzene rings is 2. The molecule has 0 spiro atoms. The molecule has 7 nitrogen and oxygen atoms in total. The van der Waals surface area contributed by atoms with Gasteiger partial charge in [-0.05, 0) is 36.8 Å². The molecule has 0 aliphatic carbocycles. The van der Waals surface area contributed by atoms with Gasteiger partial charge in [0.2, 0.25) is 0 Å². The monoisotopic (exact) mass is 421 g/mol. The van der Waals surface area contributed by atoms with Crippen molar-refractivity contribution in [2.75, 3.05) is 51.9 Å². The van der Waals surface area contributed by atoms with Gasteiger partial charge in [-0.2, -0.15) is 0 Å². The number of amides is 1. The van der Waals surface area contributed by atoms with Crippen molar-refractivity contribution in [3.8, 4) is 17.2 Å². The number of para-hydroxylation sites is 3. The van der Waals surface area contributed by atoms with Gasteiger partial charge in [0.1, 0.15) is 17.1 Å². The van der Waals surface area contributed by atoms with Crippen LogP contribution in [0.5, 0.6) is 17.2 Å². The molecule has 0 bridgehead atoms. The molecular weight excluding hydrogens is 394 g/mol. The standard InChI is InChI=1S/C24H27N3O4/c1-17-15-22(25-24-18(17)7-6-10-21(24)30-3)26-11-13-27(14-12-26)23(28)16-31-20-9-5-4-8-19(20)29-2/h4-10,15H,11-14,16H2,1-3H3. The molecule has 4 rings (SSSR count). The number of rotatable bonds is 6. The van der Waals surface area contributed by atoms with Gasteiger partial charge in [-0.25, -0.2) is 4.98 Å². The predicted molar refractivity (Wildman–Crippen MR) is 120 cm³/mol. The van der Waals surface area contributed by atoms with Crippen LogP contribution in [0.15, 0.2) is 48.5 Å². The first kappa shape index (κ1) is 20.8. The van der Waals surface area contributed by atoms with E-state index < -0.39 is 0 Å². The maximum Gasteiger partial charge on any atom is 0.260 e. The quantitative estimate of drug-likeness (QED) is 0.609. The summed E-state index contributed by atoms with van der Waals surface area (Å²) in [6.45, 7) is 4.76. The lowest BCUT2D eigenvalue weighted by Crippen LogP contribution is -2.50. The Morgan fingerprint density at radius 1 is 0.935 bits per heavy atom. The minimum Gasteiger partial charge on any atom is -0.494 e. The fourth-order valence-corrected chi connectivity index (χ4v) is 3.85. The molecule has 0 saturated carbocycles. The lowest BCUT2D eigenvalue weighted by atomic mass is 10.1. The number of hydrogen-bond acceptors (Lipinski definition) is 6. The van der Waals surface area contributed by atoms with E-state index in [1.165, 1.54) is 0 Å². The van der Waals surface area contributed by atoms with Crippen LogP contribution in [0.25, 0.3) is 10.9 Å². The summed E-state index contributed by atoms with van der Waals surface area (Å²) in [6, 6.07) is 15.4. The Bertz CT molecular complexity index is 1080. The molecule has 2 aromatic carbocycles. The average molecular weight is 421 g/mol. The lowest BCUT2D eigenvalue weighted by molar-refractivity contribution is -0.133. The number of piperazine rings is 1. The maximum atomic E-state index is 12.6. The highest BCUT2D eigenvalue weighted by Crippen LogP contribution is 2.30. The summed E-state index contributed by atoms with van der Waals surface area (Å²) in [5.74, 6) is 2.83. The highest BCUT2D eigenvalue weighted by Gasteiger charge is 2.23. The van der Waals surface area contributed by atoms with Crippen LogP contribution in [-0.2, 0) is 4.79 Å². The molecule has 0 atom stereocenters. The Labute approximate surface area is 182 Å². The van der Waals surface area contributed by atoms with Gasteiger partial charge in [0.15, 0.2) is 18.1 Å². The Balaban J connectivity index is 1.40. The third kappa shape index (κ3) is 4.35. The maximum absolute atomic E-state index is 12.6. The zero-order valence-electron chi connectivity index (χ0n) is 18.1. The van der Waals surface area contributed by atoms with Crippen LogP contribution in [0.3, 0.4) is 0 Å². The Morgan fingerprint density at radius 3 is 2.32 bits per heavy atom. The van der Waals surface area contributed by atoms with E-state index in [1.54, 1.807) is 20.3 Å². The van der Waals surface area contributed by atoms with Gasteiger partial charge >= 0.3 is 0 Å².